The van der Waals surface area contributed by atoms with Crippen LogP contribution in [0.5, 0.6) is 0 Å². The van der Waals surface area contributed by atoms with Crippen LogP contribution in [0.25, 0.3) is 0 Å². The molecule has 2 amide bonds. The third kappa shape index (κ3) is 7.02. The topological polar surface area (TPSA) is 61.4 Å². The van der Waals surface area contributed by atoms with Crippen molar-refractivity contribution >= 4 is 11.8 Å². The summed E-state index contributed by atoms with van der Waals surface area (Å²) in [5.41, 5.74) is 1.79. The normalized spacial score (nSPS) is 14.1. The molecule has 0 saturated carbocycles. The molecule has 0 aromatic heterocycles. The second kappa shape index (κ2) is 11.4. The van der Waals surface area contributed by atoms with Crippen molar-refractivity contribution in [3.05, 3.63) is 71.8 Å². The van der Waals surface area contributed by atoms with Gasteiger partial charge in [-0.05, 0) is 44.1 Å². The van der Waals surface area contributed by atoms with Crippen LogP contribution in [0.2, 0.25) is 0 Å². The van der Waals surface area contributed by atoms with Crippen LogP contribution in [0, 0.1) is 5.92 Å². The van der Waals surface area contributed by atoms with Crippen molar-refractivity contribution in [2.75, 3.05) is 20.6 Å². The van der Waals surface area contributed by atoms with E-state index in [2.05, 4.69) is 27.7 Å². The number of rotatable bonds is 10. The molecule has 156 valence electrons. The van der Waals surface area contributed by atoms with Gasteiger partial charge in [-0.1, -0.05) is 68.8 Å². The first kappa shape index (κ1) is 22.6. The van der Waals surface area contributed by atoms with E-state index in [0.29, 0.717) is 12.1 Å². The highest BCUT2D eigenvalue weighted by Gasteiger charge is 2.27. The highest BCUT2D eigenvalue weighted by molar-refractivity contribution is 5.97. The lowest BCUT2D eigenvalue weighted by Crippen LogP contribution is -2.52. The van der Waals surface area contributed by atoms with Crippen molar-refractivity contribution in [2.45, 2.75) is 38.8 Å². The van der Waals surface area contributed by atoms with Gasteiger partial charge in [0.1, 0.15) is 6.04 Å². The number of nitrogens with zero attached hydrogens (tertiary/aromatic N) is 1. The van der Waals surface area contributed by atoms with Crippen LogP contribution in [-0.4, -0.2) is 49.4 Å². The molecule has 0 heterocycles. The Bertz CT molecular complexity index is 762. The summed E-state index contributed by atoms with van der Waals surface area (Å²) >= 11 is 0. The Morgan fingerprint density at radius 3 is 2.10 bits per heavy atom. The minimum atomic E-state index is -0.563. The number of hydrogen-bond acceptors (Lipinski definition) is 3. The van der Waals surface area contributed by atoms with E-state index in [4.69, 9.17) is 0 Å². The number of benzene rings is 2. The zero-order valence-corrected chi connectivity index (χ0v) is 17.9. The van der Waals surface area contributed by atoms with Crippen molar-refractivity contribution in [2.24, 2.45) is 5.92 Å². The Morgan fingerprint density at radius 1 is 0.966 bits per heavy atom. The van der Waals surface area contributed by atoms with Crippen molar-refractivity contribution in [3.63, 3.8) is 0 Å². The second-order valence-electron chi connectivity index (χ2n) is 7.75. The lowest BCUT2D eigenvalue weighted by molar-refractivity contribution is -0.124. The molecule has 0 saturated heterocycles. The zero-order valence-electron chi connectivity index (χ0n) is 17.9. The van der Waals surface area contributed by atoms with Crippen molar-refractivity contribution in [3.8, 4) is 0 Å². The van der Waals surface area contributed by atoms with Gasteiger partial charge in [0.25, 0.3) is 5.91 Å². The van der Waals surface area contributed by atoms with E-state index in [1.807, 2.05) is 64.3 Å². The summed E-state index contributed by atoms with van der Waals surface area (Å²) in [4.78, 5) is 27.6. The molecule has 29 heavy (non-hydrogen) atoms. The Kier molecular flexibility index (Phi) is 8.87. The maximum absolute atomic E-state index is 12.9. The maximum atomic E-state index is 12.9. The van der Waals surface area contributed by atoms with Crippen LogP contribution in [0.4, 0.5) is 0 Å². The number of nitrogens with one attached hydrogen (secondary N) is 2. The van der Waals surface area contributed by atoms with Gasteiger partial charge in [-0.15, -0.1) is 0 Å². The predicted molar refractivity (Wildman–Crippen MR) is 118 cm³/mol. The van der Waals surface area contributed by atoms with E-state index in [0.717, 1.165) is 12.8 Å². The summed E-state index contributed by atoms with van der Waals surface area (Å²) in [6.07, 6.45) is 1.65. The SMILES string of the molecule is CCC(C)C(NC(=O)c1ccccc1)C(=O)NCC(Cc1ccccc1)N(C)C. The molecule has 0 fully saturated rings. The van der Waals surface area contributed by atoms with E-state index in [9.17, 15) is 9.59 Å². The van der Waals surface area contributed by atoms with Gasteiger partial charge in [-0.3, -0.25) is 9.59 Å². The Hall–Kier alpha value is -2.66. The summed E-state index contributed by atoms with van der Waals surface area (Å²) in [6, 6.07) is 18.9. The number of likely N-dealkylation sites (N-methyl/N-ethyl adjacent to an activating group) is 1. The molecule has 2 aromatic carbocycles. The molecule has 0 spiro atoms. The Balaban J connectivity index is 2.01. The second-order valence-corrected chi connectivity index (χ2v) is 7.75. The molecule has 2 N–H and O–H groups in total. The minimum Gasteiger partial charge on any atom is -0.353 e. The fourth-order valence-electron chi connectivity index (χ4n) is 3.17. The summed E-state index contributed by atoms with van der Waals surface area (Å²) < 4.78 is 0. The van der Waals surface area contributed by atoms with Crippen molar-refractivity contribution in [1.29, 1.82) is 0 Å². The molecule has 5 heteroatoms. The van der Waals surface area contributed by atoms with Crippen LogP contribution in [0.15, 0.2) is 60.7 Å². The Morgan fingerprint density at radius 2 is 1.55 bits per heavy atom. The third-order valence-corrected chi connectivity index (χ3v) is 5.37. The van der Waals surface area contributed by atoms with Crippen LogP contribution in [0.3, 0.4) is 0 Å². The number of hydrogen-bond donors (Lipinski definition) is 2. The van der Waals surface area contributed by atoms with Crippen molar-refractivity contribution < 1.29 is 9.59 Å². The highest BCUT2D eigenvalue weighted by atomic mass is 16.2. The minimum absolute atomic E-state index is 0.0367. The van der Waals surface area contributed by atoms with Gasteiger partial charge in [-0.25, -0.2) is 0 Å². The molecule has 0 bridgehead atoms. The van der Waals surface area contributed by atoms with Crippen LogP contribution in [-0.2, 0) is 11.2 Å². The van der Waals surface area contributed by atoms with Crippen molar-refractivity contribution in [1.82, 2.24) is 15.5 Å². The third-order valence-electron chi connectivity index (χ3n) is 5.37. The molecule has 2 aromatic rings. The van der Waals surface area contributed by atoms with Crippen LogP contribution < -0.4 is 10.6 Å². The van der Waals surface area contributed by atoms with E-state index >= 15 is 0 Å². The molecule has 0 aliphatic heterocycles. The summed E-state index contributed by atoms with van der Waals surface area (Å²) in [7, 11) is 4.03. The van der Waals surface area contributed by atoms with Gasteiger partial charge in [-0.2, -0.15) is 0 Å². The lowest BCUT2D eigenvalue weighted by Gasteiger charge is -2.28. The smallest absolute Gasteiger partial charge is 0.251 e. The van der Waals surface area contributed by atoms with E-state index < -0.39 is 6.04 Å². The summed E-state index contributed by atoms with van der Waals surface area (Å²) in [5.74, 6) is -0.322. The van der Waals surface area contributed by atoms with E-state index in [1.165, 1.54) is 5.56 Å². The molecule has 2 rings (SSSR count). The molecule has 0 aliphatic rings. The summed E-state index contributed by atoms with van der Waals surface area (Å²) in [6.45, 7) is 4.54. The molecule has 0 aliphatic carbocycles. The van der Waals surface area contributed by atoms with Crippen LogP contribution in [0.1, 0.15) is 36.2 Å². The average molecular weight is 396 g/mol. The zero-order chi connectivity index (χ0) is 21.2. The predicted octanol–water partition coefficient (Wildman–Crippen LogP) is 3.12. The molecule has 5 nitrogen and oxygen atoms in total. The van der Waals surface area contributed by atoms with Gasteiger partial charge < -0.3 is 15.5 Å². The summed E-state index contributed by atoms with van der Waals surface area (Å²) in [5, 5.41) is 5.98. The van der Waals surface area contributed by atoms with Gasteiger partial charge in [0.2, 0.25) is 5.91 Å². The molecular formula is C24H33N3O2. The average Bonchev–Trinajstić information content (AvgIpc) is 2.75. The van der Waals surface area contributed by atoms with E-state index in [-0.39, 0.29) is 23.8 Å². The van der Waals surface area contributed by atoms with Gasteiger partial charge in [0.15, 0.2) is 0 Å². The van der Waals surface area contributed by atoms with Gasteiger partial charge >= 0.3 is 0 Å². The van der Waals surface area contributed by atoms with Crippen LogP contribution >= 0.6 is 0 Å². The first-order chi connectivity index (χ1) is 13.9. The Labute approximate surface area is 174 Å². The standard InChI is InChI=1S/C24H33N3O2/c1-5-18(2)22(26-23(28)20-14-10-7-11-15-20)24(29)25-17-21(27(3)4)16-19-12-8-6-9-13-19/h6-15,18,21-22H,5,16-17H2,1-4H3,(H,25,29)(H,26,28). The quantitative estimate of drug-likeness (QED) is 0.650. The fourth-order valence-corrected chi connectivity index (χ4v) is 3.17. The first-order valence-electron chi connectivity index (χ1n) is 10.3. The van der Waals surface area contributed by atoms with E-state index in [1.54, 1.807) is 12.1 Å². The number of amides is 2. The lowest BCUT2D eigenvalue weighted by atomic mass is 9.97. The first-order valence-corrected chi connectivity index (χ1v) is 10.3. The van der Waals surface area contributed by atoms with Gasteiger partial charge in [0.05, 0.1) is 0 Å². The molecular weight excluding hydrogens is 362 g/mol. The molecule has 3 atom stereocenters. The maximum Gasteiger partial charge on any atom is 0.251 e. The van der Waals surface area contributed by atoms with Gasteiger partial charge in [0, 0.05) is 18.2 Å². The largest absolute Gasteiger partial charge is 0.353 e. The monoisotopic (exact) mass is 395 g/mol. The molecule has 3 unspecified atom stereocenters. The number of carbonyl (C=O) groups is 2. The number of carbonyl (C=O) groups excluding carboxylic acids is 2. The highest BCUT2D eigenvalue weighted by Crippen LogP contribution is 2.11. The fraction of sp³-hybridized carbons (Fsp3) is 0.417. The molecule has 0 radical (unpaired) electrons.